The van der Waals surface area contributed by atoms with E-state index in [4.69, 9.17) is 0 Å². The molecule has 0 bridgehead atoms. The molecule has 2 heteroatoms. The zero-order valence-electron chi connectivity index (χ0n) is 7.95. The van der Waals surface area contributed by atoms with Gasteiger partial charge in [-0.2, -0.15) is 0 Å². The van der Waals surface area contributed by atoms with Crippen LogP contribution in [0.5, 0.6) is 0 Å². The number of rotatable bonds is 1. The van der Waals surface area contributed by atoms with Crippen molar-refractivity contribution in [3.8, 4) is 0 Å². The van der Waals surface area contributed by atoms with E-state index < -0.39 is 0 Å². The Kier molecular flexibility index (Phi) is 2.32. The molecule has 0 fully saturated rings. The Morgan fingerprint density at radius 1 is 1.23 bits per heavy atom. The van der Waals surface area contributed by atoms with Crippen LogP contribution in [0.25, 0.3) is 0 Å². The van der Waals surface area contributed by atoms with Gasteiger partial charge in [-0.3, -0.25) is 0 Å². The first-order valence-electron chi connectivity index (χ1n) is 4.40. The topological polar surface area (TPSA) is 3.24 Å². The van der Waals surface area contributed by atoms with E-state index in [2.05, 4.69) is 48.4 Å². The molecule has 68 valence electrons. The highest BCUT2D eigenvalue weighted by atomic mass is 32.2. The maximum Gasteiger partial charge on any atom is 0.0726 e. The summed E-state index contributed by atoms with van der Waals surface area (Å²) in [6.07, 6.45) is 0. The molecule has 0 saturated carbocycles. The van der Waals surface area contributed by atoms with Crippen LogP contribution in [-0.4, -0.2) is 5.88 Å². The molecule has 13 heavy (non-hydrogen) atoms. The predicted octanol–water partition coefficient (Wildman–Crippen LogP) is 3.37. The number of benzene rings is 1. The van der Waals surface area contributed by atoms with Crippen LogP contribution in [0, 0.1) is 6.92 Å². The van der Waals surface area contributed by atoms with Crippen LogP contribution in [0.15, 0.2) is 35.4 Å². The maximum absolute atomic E-state index is 2.35. The minimum absolute atomic E-state index is 1.05. The Morgan fingerprint density at radius 2 is 2.00 bits per heavy atom. The number of anilines is 1. The summed E-state index contributed by atoms with van der Waals surface area (Å²) in [6, 6.07) is 8.52. The average Bonchev–Trinajstić information content (AvgIpc) is 2.52. The molecule has 1 aliphatic heterocycles. The Labute approximate surface area is 83.4 Å². The second kappa shape index (κ2) is 3.46. The predicted molar refractivity (Wildman–Crippen MR) is 59.9 cm³/mol. The van der Waals surface area contributed by atoms with Gasteiger partial charge in [-0.15, -0.1) is 11.8 Å². The minimum atomic E-state index is 1.05. The van der Waals surface area contributed by atoms with Gasteiger partial charge in [-0.25, -0.2) is 0 Å². The number of thioether (sulfide) groups is 1. The summed E-state index contributed by atoms with van der Waals surface area (Å²) in [5, 5.41) is 2.21. The zero-order chi connectivity index (χ0) is 9.26. The van der Waals surface area contributed by atoms with Crippen LogP contribution in [0.2, 0.25) is 0 Å². The summed E-state index contributed by atoms with van der Waals surface area (Å²) in [6.45, 7) is 4.32. The third kappa shape index (κ3) is 1.59. The van der Waals surface area contributed by atoms with E-state index in [-0.39, 0.29) is 0 Å². The number of nitrogens with zero attached hydrogens (tertiary/aromatic N) is 1. The molecule has 0 radical (unpaired) electrons. The summed E-state index contributed by atoms with van der Waals surface area (Å²) in [7, 11) is 0. The van der Waals surface area contributed by atoms with Crippen molar-refractivity contribution in [2.75, 3.05) is 10.8 Å². The van der Waals surface area contributed by atoms with E-state index in [1.54, 1.807) is 0 Å². The van der Waals surface area contributed by atoms with Crippen molar-refractivity contribution in [2.45, 2.75) is 13.8 Å². The lowest BCUT2D eigenvalue weighted by Gasteiger charge is -2.21. The van der Waals surface area contributed by atoms with Crippen molar-refractivity contribution in [3.05, 3.63) is 40.9 Å². The summed E-state index contributed by atoms with van der Waals surface area (Å²) in [5.74, 6) is 1.05. The molecule has 0 spiro atoms. The van der Waals surface area contributed by atoms with Gasteiger partial charge in [-0.05, 0) is 30.9 Å². The first-order valence-corrected chi connectivity index (χ1v) is 5.45. The van der Waals surface area contributed by atoms with Crippen LogP contribution in [0.3, 0.4) is 0 Å². The van der Waals surface area contributed by atoms with Crippen molar-refractivity contribution in [2.24, 2.45) is 0 Å². The minimum Gasteiger partial charge on any atom is -0.335 e. The third-order valence-electron chi connectivity index (χ3n) is 2.29. The van der Waals surface area contributed by atoms with E-state index in [0.717, 1.165) is 5.88 Å². The van der Waals surface area contributed by atoms with Crippen molar-refractivity contribution in [1.29, 1.82) is 0 Å². The van der Waals surface area contributed by atoms with Gasteiger partial charge in [0.15, 0.2) is 0 Å². The number of aryl methyl sites for hydroxylation is 1. The van der Waals surface area contributed by atoms with Crippen molar-refractivity contribution < 1.29 is 0 Å². The molecule has 1 aromatic rings. The summed E-state index contributed by atoms with van der Waals surface area (Å²) < 4.78 is 0. The molecule has 0 amide bonds. The van der Waals surface area contributed by atoms with Gasteiger partial charge in [0.2, 0.25) is 0 Å². The van der Waals surface area contributed by atoms with Crippen LogP contribution in [0.4, 0.5) is 5.69 Å². The van der Waals surface area contributed by atoms with Gasteiger partial charge in [0.25, 0.3) is 0 Å². The third-order valence-corrected chi connectivity index (χ3v) is 3.20. The first-order chi connectivity index (χ1) is 6.29. The monoisotopic (exact) mass is 191 g/mol. The largest absolute Gasteiger partial charge is 0.335 e. The van der Waals surface area contributed by atoms with Crippen molar-refractivity contribution >= 4 is 17.4 Å². The number of para-hydroxylation sites is 1. The molecule has 0 aliphatic carbocycles. The fraction of sp³-hybridized carbons (Fsp3) is 0.273. The number of allylic oxidation sites excluding steroid dienone is 1. The molecular formula is C11H13NS. The molecular weight excluding hydrogens is 178 g/mol. The molecule has 0 atom stereocenters. The summed E-state index contributed by atoms with van der Waals surface area (Å²) in [4.78, 5) is 2.35. The molecule has 0 N–H and O–H groups in total. The van der Waals surface area contributed by atoms with Gasteiger partial charge < -0.3 is 4.90 Å². The SMILES string of the molecule is CC1=CSCN1c1ccccc1C. The van der Waals surface area contributed by atoms with Crippen molar-refractivity contribution in [3.63, 3.8) is 0 Å². The number of hydrogen-bond donors (Lipinski definition) is 0. The zero-order valence-corrected chi connectivity index (χ0v) is 8.77. The standard InChI is InChI=1S/C11H13NS/c1-9-5-3-4-6-11(9)12-8-13-7-10(12)2/h3-7H,8H2,1-2H3. The lowest BCUT2D eigenvalue weighted by Crippen LogP contribution is -2.16. The Bertz CT molecular complexity index is 344. The van der Waals surface area contributed by atoms with Gasteiger partial charge in [0.05, 0.1) is 5.88 Å². The first kappa shape index (κ1) is 8.70. The van der Waals surface area contributed by atoms with Crippen LogP contribution in [0.1, 0.15) is 12.5 Å². The molecule has 0 unspecified atom stereocenters. The van der Waals surface area contributed by atoms with Gasteiger partial charge in [-0.1, -0.05) is 18.2 Å². The molecule has 0 saturated heterocycles. The number of hydrogen-bond acceptors (Lipinski definition) is 2. The second-order valence-corrected chi connectivity index (χ2v) is 4.10. The van der Waals surface area contributed by atoms with E-state index in [9.17, 15) is 0 Å². The highest BCUT2D eigenvalue weighted by Gasteiger charge is 2.14. The fourth-order valence-corrected chi connectivity index (χ4v) is 2.46. The maximum atomic E-state index is 2.35. The Balaban J connectivity index is 2.36. The molecule has 1 nitrogen and oxygen atoms in total. The Hall–Kier alpha value is -0.890. The molecule has 0 aromatic heterocycles. The Morgan fingerprint density at radius 3 is 2.62 bits per heavy atom. The lowest BCUT2D eigenvalue weighted by molar-refractivity contribution is 1.07. The molecule has 1 heterocycles. The fourth-order valence-electron chi connectivity index (χ4n) is 1.52. The van der Waals surface area contributed by atoms with Gasteiger partial charge in [0.1, 0.15) is 0 Å². The van der Waals surface area contributed by atoms with Crippen LogP contribution < -0.4 is 4.90 Å². The second-order valence-electron chi connectivity index (χ2n) is 3.27. The summed E-state index contributed by atoms with van der Waals surface area (Å²) in [5.41, 5.74) is 4.03. The van der Waals surface area contributed by atoms with Crippen LogP contribution >= 0.6 is 11.8 Å². The van der Waals surface area contributed by atoms with Gasteiger partial charge >= 0.3 is 0 Å². The highest BCUT2D eigenvalue weighted by molar-refractivity contribution is 8.02. The molecule has 2 rings (SSSR count). The average molecular weight is 191 g/mol. The molecule has 1 aromatic carbocycles. The van der Waals surface area contributed by atoms with Crippen LogP contribution in [-0.2, 0) is 0 Å². The lowest BCUT2D eigenvalue weighted by atomic mass is 10.2. The van der Waals surface area contributed by atoms with Gasteiger partial charge in [0, 0.05) is 11.4 Å². The van der Waals surface area contributed by atoms with E-state index >= 15 is 0 Å². The highest BCUT2D eigenvalue weighted by Crippen LogP contribution is 2.30. The smallest absolute Gasteiger partial charge is 0.0726 e. The summed E-state index contributed by atoms with van der Waals surface area (Å²) >= 11 is 1.86. The van der Waals surface area contributed by atoms with E-state index in [0.29, 0.717) is 0 Å². The normalized spacial score (nSPS) is 16.2. The molecule has 1 aliphatic rings. The van der Waals surface area contributed by atoms with E-state index in [1.165, 1.54) is 16.9 Å². The quantitative estimate of drug-likeness (QED) is 0.669. The van der Waals surface area contributed by atoms with E-state index in [1.807, 2.05) is 11.8 Å². The van der Waals surface area contributed by atoms with Crippen molar-refractivity contribution in [1.82, 2.24) is 0 Å².